The van der Waals surface area contributed by atoms with Gasteiger partial charge in [-0.2, -0.15) is 5.10 Å². The number of aromatic hydroxyl groups is 1. The van der Waals surface area contributed by atoms with Crippen molar-refractivity contribution in [2.75, 3.05) is 5.32 Å². The van der Waals surface area contributed by atoms with Gasteiger partial charge in [0.25, 0.3) is 0 Å². The number of nitrogens with zero attached hydrogens (tertiary/aromatic N) is 1. The largest absolute Gasteiger partial charge is 0.505 e. The number of nitrogens with one attached hydrogen (secondary N) is 2. The molecule has 0 unspecified atom stereocenters. The Hall–Kier alpha value is -2.57. The van der Waals surface area contributed by atoms with E-state index in [-0.39, 0.29) is 15.8 Å². The molecule has 0 saturated carbocycles. The van der Waals surface area contributed by atoms with Crippen LogP contribution in [0.3, 0.4) is 0 Å². The highest BCUT2D eigenvalue weighted by atomic mass is 35.5. The van der Waals surface area contributed by atoms with Crippen molar-refractivity contribution in [3.8, 4) is 5.75 Å². The number of hydrogen-bond donors (Lipinski definition) is 3. The van der Waals surface area contributed by atoms with Crippen molar-refractivity contribution in [2.24, 2.45) is 5.10 Å². The number of hydrazone groups is 1. The van der Waals surface area contributed by atoms with Gasteiger partial charge in [0, 0.05) is 5.69 Å². The zero-order valence-corrected chi connectivity index (χ0v) is 14.0. The fraction of sp³-hybridized carbons (Fsp3) is 0.0625. The number of anilines is 1. The molecule has 0 heterocycles. The summed E-state index contributed by atoms with van der Waals surface area (Å²) in [6, 6.07) is 9.85. The van der Waals surface area contributed by atoms with Gasteiger partial charge in [0.2, 0.25) is 0 Å². The highest BCUT2D eigenvalue weighted by Gasteiger charge is 2.13. The number of halogens is 2. The van der Waals surface area contributed by atoms with Crippen LogP contribution in [-0.4, -0.2) is 23.1 Å². The van der Waals surface area contributed by atoms with E-state index in [9.17, 15) is 14.7 Å². The number of aryl methyl sites for hydroxylation is 1. The monoisotopic (exact) mass is 365 g/mol. The minimum Gasteiger partial charge on any atom is -0.505 e. The van der Waals surface area contributed by atoms with E-state index in [1.165, 1.54) is 18.3 Å². The van der Waals surface area contributed by atoms with Crippen LogP contribution >= 0.6 is 23.2 Å². The average molecular weight is 366 g/mol. The molecule has 2 amide bonds. The van der Waals surface area contributed by atoms with Crippen molar-refractivity contribution in [1.29, 1.82) is 0 Å². The summed E-state index contributed by atoms with van der Waals surface area (Å²) >= 11 is 11.5. The van der Waals surface area contributed by atoms with Crippen LogP contribution in [0.4, 0.5) is 5.69 Å². The Bertz CT molecular complexity index is 799. The SMILES string of the molecule is Cc1cccc(NC(=O)C(=O)N/N=C/c2cc(Cl)c(O)c(Cl)c2)c1. The fourth-order valence-electron chi connectivity index (χ4n) is 1.79. The predicted molar refractivity (Wildman–Crippen MR) is 93.7 cm³/mol. The van der Waals surface area contributed by atoms with Crippen LogP contribution in [0.1, 0.15) is 11.1 Å². The molecule has 0 aliphatic rings. The van der Waals surface area contributed by atoms with Gasteiger partial charge in [0.1, 0.15) is 0 Å². The van der Waals surface area contributed by atoms with Gasteiger partial charge in [-0.05, 0) is 42.3 Å². The van der Waals surface area contributed by atoms with Gasteiger partial charge in [0.15, 0.2) is 5.75 Å². The first-order valence-electron chi connectivity index (χ1n) is 6.76. The van der Waals surface area contributed by atoms with Crippen molar-refractivity contribution < 1.29 is 14.7 Å². The Kier molecular flexibility index (Phi) is 5.78. The van der Waals surface area contributed by atoms with E-state index >= 15 is 0 Å². The van der Waals surface area contributed by atoms with Gasteiger partial charge >= 0.3 is 11.8 Å². The minimum atomic E-state index is -0.927. The van der Waals surface area contributed by atoms with Crippen LogP contribution in [0.15, 0.2) is 41.5 Å². The summed E-state index contributed by atoms with van der Waals surface area (Å²) in [6.07, 6.45) is 1.25. The summed E-state index contributed by atoms with van der Waals surface area (Å²) in [6.45, 7) is 1.87. The number of rotatable bonds is 3. The Morgan fingerprint density at radius 2 is 1.79 bits per heavy atom. The molecule has 0 bridgehead atoms. The van der Waals surface area contributed by atoms with Gasteiger partial charge in [0.05, 0.1) is 16.3 Å². The Morgan fingerprint density at radius 1 is 1.12 bits per heavy atom. The number of carbonyl (C=O) groups excluding carboxylic acids is 2. The summed E-state index contributed by atoms with van der Waals surface area (Å²) in [7, 11) is 0. The van der Waals surface area contributed by atoms with Crippen LogP contribution in [0.25, 0.3) is 0 Å². The first-order chi connectivity index (χ1) is 11.4. The zero-order chi connectivity index (χ0) is 17.7. The van der Waals surface area contributed by atoms with E-state index in [2.05, 4.69) is 15.8 Å². The molecule has 124 valence electrons. The summed E-state index contributed by atoms with van der Waals surface area (Å²) in [4.78, 5) is 23.4. The van der Waals surface area contributed by atoms with E-state index in [0.29, 0.717) is 11.3 Å². The van der Waals surface area contributed by atoms with Crippen molar-refractivity contribution in [3.63, 3.8) is 0 Å². The van der Waals surface area contributed by atoms with Crippen molar-refractivity contribution in [3.05, 3.63) is 57.6 Å². The highest BCUT2D eigenvalue weighted by Crippen LogP contribution is 2.32. The van der Waals surface area contributed by atoms with Gasteiger partial charge < -0.3 is 10.4 Å². The summed E-state index contributed by atoms with van der Waals surface area (Å²) < 4.78 is 0. The van der Waals surface area contributed by atoms with Crippen LogP contribution in [0, 0.1) is 6.92 Å². The van der Waals surface area contributed by atoms with Crippen LogP contribution in [0.2, 0.25) is 10.0 Å². The summed E-state index contributed by atoms with van der Waals surface area (Å²) in [5.74, 6) is -2.01. The molecule has 0 atom stereocenters. The first kappa shape index (κ1) is 17.8. The molecule has 0 radical (unpaired) electrons. The number of phenolic OH excluding ortho intramolecular Hbond substituents is 1. The lowest BCUT2D eigenvalue weighted by Gasteiger charge is -2.04. The molecule has 2 rings (SSSR count). The fourth-order valence-corrected chi connectivity index (χ4v) is 2.29. The molecule has 24 heavy (non-hydrogen) atoms. The molecule has 8 heteroatoms. The van der Waals surface area contributed by atoms with E-state index in [1.807, 2.05) is 13.0 Å². The molecular weight excluding hydrogens is 353 g/mol. The minimum absolute atomic E-state index is 0.0486. The van der Waals surface area contributed by atoms with Gasteiger partial charge in [-0.3, -0.25) is 9.59 Å². The smallest absolute Gasteiger partial charge is 0.329 e. The molecule has 3 N–H and O–H groups in total. The summed E-state index contributed by atoms with van der Waals surface area (Å²) in [5.41, 5.74) is 4.00. The molecule has 2 aromatic carbocycles. The second kappa shape index (κ2) is 7.81. The lowest BCUT2D eigenvalue weighted by atomic mass is 10.2. The lowest BCUT2D eigenvalue weighted by Crippen LogP contribution is -2.32. The number of phenols is 1. The third kappa shape index (κ3) is 4.71. The van der Waals surface area contributed by atoms with Crippen molar-refractivity contribution in [2.45, 2.75) is 6.92 Å². The zero-order valence-electron chi connectivity index (χ0n) is 12.5. The molecule has 0 aliphatic heterocycles. The highest BCUT2D eigenvalue weighted by molar-refractivity contribution is 6.39. The number of hydrogen-bond acceptors (Lipinski definition) is 4. The maximum absolute atomic E-state index is 11.7. The van der Waals surface area contributed by atoms with Gasteiger partial charge in [-0.25, -0.2) is 5.43 Å². The predicted octanol–water partition coefficient (Wildman–Crippen LogP) is 3.10. The van der Waals surface area contributed by atoms with E-state index in [4.69, 9.17) is 23.2 Å². The van der Waals surface area contributed by atoms with E-state index in [0.717, 1.165) is 5.56 Å². The molecule has 0 saturated heterocycles. The topological polar surface area (TPSA) is 90.8 Å². The molecule has 0 fully saturated rings. The van der Waals surface area contributed by atoms with Crippen LogP contribution < -0.4 is 10.7 Å². The number of carbonyl (C=O) groups is 2. The quantitative estimate of drug-likeness (QED) is 0.443. The Balaban J connectivity index is 1.96. The first-order valence-corrected chi connectivity index (χ1v) is 7.51. The van der Waals surface area contributed by atoms with E-state index in [1.54, 1.807) is 18.2 Å². The van der Waals surface area contributed by atoms with E-state index < -0.39 is 11.8 Å². The lowest BCUT2D eigenvalue weighted by molar-refractivity contribution is -0.136. The molecule has 0 aliphatic carbocycles. The van der Waals surface area contributed by atoms with Gasteiger partial charge in [-0.1, -0.05) is 35.3 Å². The Labute approximate surface area is 148 Å². The molecule has 6 nitrogen and oxygen atoms in total. The molecular formula is C16H13Cl2N3O3. The number of benzene rings is 2. The third-order valence-electron chi connectivity index (χ3n) is 2.90. The van der Waals surface area contributed by atoms with Crippen molar-refractivity contribution in [1.82, 2.24) is 5.43 Å². The third-order valence-corrected chi connectivity index (χ3v) is 3.48. The second-order valence-corrected chi connectivity index (χ2v) is 5.67. The number of amides is 2. The maximum Gasteiger partial charge on any atom is 0.329 e. The van der Waals surface area contributed by atoms with Crippen LogP contribution in [-0.2, 0) is 9.59 Å². The maximum atomic E-state index is 11.7. The average Bonchev–Trinajstić information content (AvgIpc) is 2.52. The normalized spacial score (nSPS) is 10.6. The molecule has 0 aromatic heterocycles. The molecule has 2 aromatic rings. The van der Waals surface area contributed by atoms with Crippen LogP contribution in [0.5, 0.6) is 5.75 Å². The summed E-state index contributed by atoms with van der Waals surface area (Å²) in [5, 5.41) is 15.6. The standard InChI is InChI=1S/C16H13Cl2N3O3/c1-9-3-2-4-11(5-9)20-15(23)16(24)21-19-8-10-6-12(17)14(22)13(18)7-10/h2-8,22H,1H3,(H,20,23)(H,21,24)/b19-8+. The second-order valence-electron chi connectivity index (χ2n) is 4.86. The molecule has 0 spiro atoms. The van der Waals surface area contributed by atoms with Gasteiger partial charge in [-0.15, -0.1) is 0 Å². The van der Waals surface area contributed by atoms with Crippen molar-refractivity contribution >= 4 is 46.9 Å². The Morgan fingerprint density at radius 3 is 2.42 bits per heavy atom.